The van der Waals surface area contributed by atoms with E-state index in [0.717, 1.165) is 16.6 Å². The van der Waals surface area contributed by atoms with Gasteiger partial charge in [0, 0.05) is 10.5 Å². The van der Waals surface area contributed by atoms with E-state index in [2.05, 4.69) is 39.5 Å². The van der Waals surface area contributed by atoms with Crippen LogP contribution in [0.1, 0.15) is 24.8 Å². The van der Waals surface area contributed by atoms with Gasteiger partial charge >= 0.3 is 0 Å². The molecule has 0 bridgehead atoms. The predicted octanol–water partition coefficient (Wildman–Crippen LogP) is 3.84. The van der Waals surface area contributed by atoms with Gasteiger partial charge < -0.3 is 5.32 Å². The first-order valence-electron chi connectivity index (χ1n) is 5.42. The molecule has 1 aliphatic carbocycles. The maximum absolute atomic E-state index is 9.04. The third kappa shape index (κ3) is 2.65. The summed E-state index contributed by atoms with van der Waals surface area (Å²) in [5.74, 6) is 0. The number of nitrogens with zero attached hydrogens (tertiary/aromatic N) is 1. The molecule has 0 aromatic heterocycles. The Morgan fingerprint density at radius 1 is 1.44 bits per heavy atom. The summed E-state index contributed by atoms with van der Waals surface area (Å²) >= 11 is 3.37. The molecule has 1 unspecified atom stereocenters. The van der Waals surface area contributed by atoms with Crippen LogP contribution < -0.4 is 5.32 Å². The SMILES string of the molecule is N#Cc1cc(Br)ccc1NC1C=CCCC1. The van der Waals surface area contributed by atoms with Crippen molar-refractivity contribution in [1.29, 1.82) is 5.26 Å². The van der Waals surface area contributed by atoms with Gasteiger partial charge in [0.2, 0.25) is 0 Å². The van der Waals surface area contributed by atoms with Gasteiger partial charge in [-0.15, -0.1) is 0 Å². The Morgan fingerprint density at radius 3 is 3.00 bits per heavy atom. The number of allylic oxidation sites excluding steroid dienone is 1. The minimum atomic E-state index is 0.363. The number of halogens is 1. The summed E-state index contributed by atoms with van der Waals surface area (Å²) in [6.45, 7) is 0. The van der Waals surface area contributed by atoms with Crippen molar-refractivity contribution in [1.82, 2.24) is 0 Å². The molecule has 1 atom stereocenters. The average molecular weight is 277 g/mol. The lowest BCUT2D eigenvalue weighted by Crippen LogP contribution is -2.19. The van der Waals surface area contributed by atoms with Gasteiger partial charge in [-0.05, 0) is 37.5 Å². The molecular weight excluding hydrogens is 264 g/mol. The van der Waals surface area contributed by atoms with Gasteiger partial charge in [0.25, 0.3) is 0 Å². The summed E-state index contributed by atoms with van der Waals surface area (Å²) in [4.78, 5) is 0. The van der Waals surface area contributed by atoms with E-state index >= 15 is 0 Å². The standard InChI is InChI=1S/C13H13BrN2/c14-11-6-7-13(10(8-11)9-15)16-12-4-2-1-3-5-12/h2,4,6-8,12,16H,1,3,5H2. The molecule has 1 N–H and O–H groups in total. The van der Waals surface area contributed by atoms with Gasteiger partial charge in [0.15, 0.2) is 0 Å². The molecule has 0 aliphatic heterocycles. The van der Waals surface area contributed by atoms with E-state index in [9.17, 15) is 0 Å². The van der Waals surface area contributed by atoms with Crippen molar-refractivity contribution < 1.29 is 0 Å². The molecule has 0 fully saturated rings. The average Bonchev–Trinajstić information content (AvgIpc) is 2.33. The Hall–Kier alpha value is -1.27. The van der Waals surface area contributed by atoms with Gasteiger partial charge in [-0.25, -0.2) is 0 Å². The highest BCUT2D eigenvalue weighted by molar-refractivity contribution is 9.10. The van der Waals surface area contributed by atoms with Crippen molar-refractivity contribution in [2.45, 2.75) is 25.3 Å². The van der Waals surface area contributed by atoms with Gasteiger partial charge in [-0.2, -0.15) is 5.26 Å². The van der Waals surface area contributed by atoms with Crippen LogP contribution in [0.5, 0.6) is 0 Å². The third-order valence-corrected chi connectivity index (χ3v) is 3.19. The summed E-state index contributed by atoms with van der Waals surface area (Å²) in [5, 5.41) is 12.4. The van der Waals surface area contributed by atoms with Crippen LogP contribution in [0.25, 0.3) is 0 Å². The largest absolute Gasteiger partial charge is 0.378 e. The highest BCUT2D eigenvalue weighted by Gasteiger charge is 2.10. The fourth-order valence-electron chi connectivity index (χ4n) is 1.87. The Morgan fingerprint density at radius 2 is 2.31 bits per heavy atom. The number of hydrogen-bond acceptors (Lipinski definition) is 2. The summed E-state index contributed by atoms with van der Waals surface area (Å²) in [7, 11) is 0. The quantitative estimate of drug-likeness (QED) is 0.834. The van der Waals surface area contributed by atoms with Crippen LogP contribution in [0.3, 0.4) is 0 Å². The Kier molecular flexibility index (Phi) is 3.63. The summed E-state index contributed by atoms with van der Waals surface area (Å²) in [6, 6.07) is 8.32. The first kappa shape index (κ1) is 11.2. The van der Waals surface area contributed by atoms with E-state index in [1.54, 1.807) is 0 Å². The molecule has 0 saturated heterocycles. The van der Waals surface area contributed by atoms with E-state index in [1.807, 2.05) is 18.2 Å². The fourth-order valence-corrected chi connectivity index (χ4v) is 2.23. The van der Waals surface area contributed by atoms with Crippen LogP contribution >= 0.6 is 15.9 Å². The molecule has 2 rings (SSSR count). The summed E-state index contributed by atoms with van der Waals surface area (Å²) in [5.41, 5.74) is 1.61. The van der Waals surface area contributed by atoms with Gasteiger partial charge in [0.05, 0.1) is 11.3 Å². The lowest BCUT2D eigenvalue weighted by Gasteiger charge is -2.19. The highest BCUT2D eigenvalue weighted by atomic mass is 79.9. The van der Waals surface area contributed by atoms with E-state index in [4.69, 9.17) is 5.26 Å². The second kappa shape index (κ2) is 5.18. The zero-order chi connectivity index (χ0) is 11.4. The molecular formula is C13H13BrN2. The molecule has 0 radical (unpaired) electrons. The zero-order valence-electron chi connectivity index (χ0n) is 8.91. The van der Waals surface area contributed by atoms with Crippen molar-refractivity contribution in [3.05, 3.63) is 40.4 Å². The number of rotatable bonds is 2. The fraction of sp³-hybridized carbons (Fsp3) is 0.308. The maximum atomic E-state index is 9.04. The van der Waals surface area contributed by atoms with Crippen LogP contribution in [-0.2, 0) is 0 Å². The predicted molar refractivity (Wildman–Crippen MR) is 69.3 cm³/mol. The zero-order valence-corrected chi connectivity index (χ0v) is 10.5. The van der Waals surface area contributed by atoms with Gasteiger partial charge in [0.1, 0.15) is 6.07 Å². The van der Waals surface area contributed by atoms with Crippen LogP contribution in [0.15, 0.2) is 34.8 Å². The summed E-state index contributed by atoms with van der Waals surface area (Å²) in [6.07, 6.45) is 7.91. The van der Waals surface area contributed by atoms with Gasteiger partial charge in [-0.3, -0.25) is 0 Å². The minimum Gasteiger partial charge on any atom is -0.378 e. The first-order valence-corrected chi connectivity index (χ1v) is 6.22. The summed E-state index contributed by atoms with van der Waals surface area (Å²) < 4.78 is 0.939. The number of nitriles is 1. The number of hydrogen-bond donors (Lipinski definition) is 1. The van der Waals surface area contributed by atoms with Crippen LogP contribution in [0.2, 0.25) is 0 Å². The van der Waals surface area contributed by atoms with Crippen LogP contribution in [-0.4, -0.2) is 6.04 Å². The molecule has 16 heavy (non-hydrogen) atoms. The normalized spacial score (nSPS) is 19.1. The molecule has 1 aromatic carbocycles. The highest BCUT2D eigenvalue weighted by Crippen LogP contribution is 2.23. The molecule has 0 heterocycles. The van der Waals surface area contributed by atoms with E-state index in [0.29, 0.717) is 11.6 Å². The lowest BCUT2D eigenvalue weighted by atomic mass is 10.0. The first-order chi connectivity index (χ1) is 7.79. The Bertz CT molecular complexity index is 446. The second-order valence-electron chi connectivity index (χ2n) is 3.91. The minimum absolute atomic E-state index is 0.363. The molecule has 3 heteroatoms. The lowest BCUT2D eigenvalue weighted by molar-refractivity contribution is 0.673. The Balaban J connectivity index is 2.17. The smallest absolute Gasteiger partial charge is 0.101 e. The molecule has 0 spiro atoms. The molecule has 1 aliphatic rings. The molecule has 0 amide bonds. The van der Waals surface area contributed by atoms with Crippen molar-refractivity contribution in [2.75, 3.05) is 5.32 Å². The number of anilines is 1. The van der Waals surface area contributed by atoms with Crippen molar-refractivity contribution in [3.8, 4) is 6.07 Å². The van der Waals surface area contributed by atoms with Crippen LogP contribution in [0.4, 0.5) is 5.69 Å². The van der Waals surface area contributed by atoms with E-state index < -0.39 is 0 Å². The topological polar surface area (TPSA) is 35.8 Å². The maximum Gasteiger partial charge on any atom is 0.101 e. The van der Waals surface area contributed by atoms with Crippen molar-refractivity contribution in [3.63, 3.8) is 0 Å². The number of nitrogens with one attached hydrogen (secondary N) is 1. The second-order valence-corrected chi connectivity index (χ2v) is 4.83. The number of benzene rings is 1. The van der Waals surface area contributed by atoms with Crippen molar-refractivity contribution in [2.24, 2.45) is 0 Å². The van der Waals surface area contributed by atoms with Crippen LogP contribution in [0, 0.1) is 11.3 Å². The third-order valence-electron chi connectivity index (χ3n) is 2.70. The molecule has 2 nitrogen and oxygen atoms in total. The van der Waals surface area contributed by atoms with E-state index in [1.165, 1.54) is 12.8 Å². The Labute approximate surface area is 104 Å². The molecule has 1 aromatic rings. The monoisotopic (exact) mass is 276 g/mol. The molecule has 0 saturated carbocycles. The van der Waals surface area contributed by atoms with Crippen molar-refractivity contribution >= 4 is 21.6 Å². The van der Waals surface area contributed by atoms with Gasteiger partial charge in [-0.1, -0.05) is 28.1 Å². The molecule has 82 valence electrons. The van der Waals surface area contributed by atoms with E-state index in [-0.39, 0.29) is 0 Å².